The number of alkyl halides is 3. The summed E-state index contributed by atoms with van der Waals surface area (Å²) in [6, 6.07) is 6.28. The van der Waals surface area contributed by atoms with Gasteiger partial charge in [0, 0.05) is 6.92 Å². The number of rotatable bonds is 1. The predicted octanol–water partition coefficient (Wildman–Crippen LogP) is 1.50. The first-order valence-corrected chi connectivity index (χ1v) is 5.92. The maximum Gasteiger partial charge on any atom is 0.440 e. The summed E-state index contributed by atoms with van der Waals surface area (Å²) in [4.78, 5) is 27.3. The Morgan fingerprint density at radius 2 is 2.05 bits per heavy atom. The smallest absolute Gasteiger partial charge is 0.318 e. The molecule has 1 atom stereocenters. The Morgan fingerprint density at radius 1 is 1.38 bits per heavy atom. The van der Waals surface area contributed by atoms with E-state index in [9.17, 15) is 22.8 Å². The lowest BCUT2D eigenvalue weighted by Crippen LogP contribution is -2.66. The fraction of sp³-hybridized carbons (Fsp3) is 0.250. The van der Waals surface area contributed by atoms with Crippen molar-refractivity contribution in [2.75, 3.05) is 5.32 Å². The van der Waals surface area contributed by atoms with Gasteiger partial charge in [-0.2, -0.15) is 13.2 Å². The van der Waals surface area contributed by atoms with Gasteiger partial charge in [0.15, 0.2) is 0 Å². The second-order valence-corrected chi connectivity index (χ2v) is 4.62. The number of para-hydroxylation sites is 2. The van der Waals surface area contributed by atoms with Crippen LogP contribution < -0.4 is 10.6 Å². The molecule has 0 unspecified atom stereocenters. The zero-order chi connectivity index (χ0) is 15.4. The molecule has 1 aromatic carbocycles. The van der Waals surface area contributed by atoms with Crippen molar-refractivity contribution in [3.05, 3.63) is 24.3 Å². The number of halogens is 3. The molecule has 0 fully saturated rings. The number of hydrogen-bond donors (Lipinski definition) is 2. The van der Waals surface area contributed by atoms with Crippen LogP contribution in [-0.4, -0.2) is 33.2 Å². The third-order valence-corrected chi connectivity index (χ3v) is 3.17. The molecule has 9 heteroatoms. The van der Waals surface area contributed by atoms with E-state index in [1.807, 2.05) is 5.32 Å². The van der Waals surface area contributed by atoms with Crippen molar-refractivity contribution >= 4 is 28.8 Å². The first-order chi connectivity index (χ1) is 9.76. The van der Waals surface area contributed by atoms with E-state index < -0.39 is 23.7 Å². The number of nitrogens with zero attached hydrogens (tertiary/aromatic N) is 2. The second kappa shape index (κ2) is 3.96. The fourth-order valence-corrected chi connectivity index (χ4v) is 2.32. The highest BCUT2D eigenvalue weighted by Gasteiger charge is 2.66. The maximum absolute atomic E-state index is 13.3. The molecule has 1 aliphatic heterocycles. The average Bonchev–Trinajstić information content (AvgIpc) is 2.84. The summed E-state index contributed by atoms with van der Waals surface area (Å²) in [6.07, 6.45) is -5.02. The van der Waals surface area contributed by atoms with Crippen LogP contribution >= 0.6 is 0 Å². The van der Waals surface area contributed by atoms with E-state index in [1.54, 1.807) is 23.5 Å². The maximum atomic E-state index is 13.3. The monoisotopic (exact) mass is 298 g/mol. The zero-order valence-corrected chi connectivity index (χ0v) is 10.7. The van der Waals surface area contributed by atoms with Crippen molar-refractivity contribution in [2.24, 2.45) is 0 Å². The van der Waals surface area contributed by atoms with Crippen molar-refractivity contribution in [1.29, 1.82) is 0 Å². The summed E-state index contributed by atoms with van der Waals surface area (Å²) in [5.74, 6) is -2.58. The Bertz CT molecular complexity index is 767. The quantitative estimate of drug-likeness (QED) is 0.836. The molecule has 2 aromatic rings. The molecule has 2 N–H and O–H groups in total. The molecular formula is C12H9F3N4O2. The molecule has 0 saturated heterocycles. The molecule has 6 nitrogen and oxygen atoms in total. The first-order valence-electron chi connectivity index (χ1n) is 5.92. The summed E-state index contributed by atoms with van der Waals surface area (Å²) in [6.45, 7) is 0.904. The minimum atomic E-state index is -5.02. The van der Waals surface area contributed by atoms with E-state index in [2.05, 4.69) is 4.98 Å². The highest BCUT2D eigenvalue weighted by molar-refractivity contribution is 6.06. The summed E-state index contributed by atoms with van der Waals surface area (Å²) in [5.41, 5.74) is -2.57. The molecular weight excluding hydrogens is 289 g/mol. The molecule has 0 radical (unpaired) electrons. The minimum Gasteiger partial charge on any atom is -0.318 e. The normalized spacial score (nSPS) is 21.2. The number of carbonyl (C=O) groups excluding carboxylic acids is 2. The van der Waals surface area contributed by atoms with Crippen LogP contribution in [0.15, 0.2) is 24.3 Å². The number of anilines is 1. The van der Waals surface area contributed by atoms with Gasteiger partial charge in [-0.05, 0) is 12.1 Å². The summed E-state index contributed by atoms with van der Waals surface area (Å²) in [7, 11) is 0. The van der Waals surface area contributed by atoms with Gasteiger partial charge in [-0.25, -0.2) is 9.55 Å². The van der Waals surface area contributed by atoms with Gasteiger partial charge in [0.05, 0.1) is 11.0 Å². The van der Waals surface area contributed by atoms with Crippen molar-refractivity contribution in [2.45, 2.75) is 18.8 Å². The van der Waals surface area contributed by atoms with Gasteiger partial charge in [0.1, 0.15) is 0 Å². The molecule has 2 heterocycles. The SMILES string of the molecule is CC(=O)N[C@]1(C(F)(F)F)Nc2nc3ccccc3n2C1=O. The van der Waals surface area contributed by atoms with Crippen molar-refractivity contribution in [3.63, 3.8) is 0 Å². The van der Waals surface area contributed by atoms with Crippen LogP contribution in [0.1, 0.15) is 11.7 Å². The highest BCUT2D eigenvalue weighted by atomic mass is 19.4. The summed E-state index contributed by atoms with van der Waals surface area (Å²) < 4.78 is 40.8. The Balaban J connectivity index is 2.20. The van der Waals surface area contributed by atoms with Gasteiger partial charge in [-0.1, -0.05) is 12.1 Å². The first kappa shape index (κ1) is 13.4. The van der Waals surface area contributed by atoms with Gasteiger partial charge in [-0.15, -0.1) is 0 Å². The molecule has 110 valence electrons. The molecule has 0 bridgehead atoms. The molecule has 3 rings (SSSR count). The second-order valence-electron chi connectivity index (χ2n) is 4.62. The van der Waals surface area contributed by atoms with E-state index in [0.717, 1.165) is 11.5 Å². The van der Waals surface area contributed by atoms with Crippen LogP contribution in [0.3, 0.4) is 0 Å². The van der Waals surface area contributed by atoms with E-state index in [-0.39, 0.29) is 11.5 Å². The Labute approximate surface area is 115 Å². The lowest BCUT2D eigenvalue weighted by molar-refractivity contribution is -0.175. The lowest BCUT2D eigenvalue weighted by atomic mass is 10.1. The zero-order valence-electron chi connectivity index (χ0n) is 10.7. The molecule has 0 saturated carbocycles. The van der Waals surface area contributed by atoms with Crippen LogP contribution in [0.2, 0.25) is 0 Å². The van der Waals surface area contributed by atoms with Gasteiger partial charge in [0.2, 0.25) is 11.9 Å². The molecule has 21 heavy (non-hydrogen) atoms. The van der Waals surface area contributed by atoms with E-state index in [1.165, 1.54) is 6.07 Å². The van der Waals surface area contributed by atoms with E-state index >= 15 is 0 Å². The predicted molar refractivity (Wildman–Crippen MR) is 66.6 cm³/mol. The van der Waals surface area contributed by atoms with Gasteiger partial charge in [-0.3, -0.25) is 9.59 Å². The minimum absolute atomic E-state index is 0.237. The molecule has 0 spiro atoms. The largest absolute Gasteiger partial charge is 0.440 e. The average molecular weight is 298 g/mol. The number of fused-ring (bicyclic) bond motifs is 3. The third kappa shape index (κ3) is 1.70. The van der Waals surface area contributed by atoms with Gasteiger partial charge >= 0.3 is 6.18 Å². The Kier molecular flexibility index (Phi) is 2.53. The van der Waals surface area contributed by atoms with E-state index in [0.29, 0.717) is 5.52 Å². The lowest BCUT2D eigenvalue weighted by Gasteiger charge is -2.29. The Hall–Kier alpha value is -2.58. The summed E-state index contributed by atoms with van der Waals surface area (Å²) >= 11 is 0. The topological polar surface area (TPSA) is 76.0 Å². The molecule has 0 aliphatic carbocycles. The molecule has 1 amide bonds. The molecule has 1 aromatic heterocycles. The molecule has 1 aliphatic rings. The number of imidazole rings is 1. The number of carbonyl (C=O) groups is 2. The van der Waals surface area contributed by atoms with E-state index in [4.69, 9.17) is 0 Å². The van der Waals surface area contributed by atoms with Crippen molar-refractivity contribution < 1.29 is 22.8 Å². The third-order valence-electron chi connectivity index (χ3n) is 3.17. The number of hydrogen-bond acceptors (Lipinski definition) is 4. The van der Waals surface area contributed by atoms with Crippen molar-refractivity contribution in [3.8, 4) is 0 Å². The van der Waals surface area contributed by atoms with Crippen molar-refractivity contribution in [1.82, 2.24) is 14.9 Å². The number of nitrogens with one attached hydrogen (secondary N) is 2. The summed E-state index contributed by atoms with van der Waals surface area (Å²) in [5, 5.41) is 3.66. The number of benzene rings is 1. The van der Waals surface area contributed by atoms with Gasteiger partial charge < -0.3 is 10.6 Å². The number of aromatic nitrogens is 2. The van der Waals surface area contributed by atoms with Crippen LogP contribution in [-0.2, 0) is 4.79 Å². The number of amides is 1. The van der Waals surface area contributed by atoms with Crippen LogP contribution in [0.25, 0.3) is 11.0 Å². The Morgan fingerprint density at radius 3 is 2.67 bits per heavy atom. The van der Waals surface area contributed by atoms with Gasteiger partial charge in [0.25, 0.3) is 11.6 Å². The fourth-order valence-electron chi connectivity index (χ4n) is 2.32. The standard InChI is InChI=1S/C12H9F3N4O2/c1-6(20)17-11(12(13,14)15)9(21)19-8-5-3-2-4-7(8)16-10(19)18-11/h2-5H,1H3,(H,16,18)(H,17,20)/t11-/m0/s1. The van der Waals surface area contributed by atoms with Crippen LogP contribution in [0.4, 0.5) is 19.1 Å². The highest BCUT2D eigenvalue weighted by Crippen LogP contribution is 2.39. The van der Waals surface area contributed by atoms with Crippen LogP contribution in [0.5, 0.6) is 0 Å². The van der Waals surface area contributed by atoms with Crippen LogP contribution in [0, 0.1) is 0 Å².